The Bertz CT molecular complexity index is 478. The average Bonchev–Trinajstić information content (AvgIpc) is 2.50. The second kappa shape index (κ2) is 13.0. The first-order valence-electron chi connectivity index (χ1n) is 8.59. The van der Waals surface area contributed by atoms with Gasteiger partial charge in [0.1, 0.15) is 9.84 Å². The van der Waals surface area contributed by atoms with Crippen LogP contribution in [0, 0.1) is 0 Å². The van der Waals surface area contributed by atoms with Gasteiger partial charge in [0, 0.05) is 32.3 Å². The van der Waals surface area contributed by atoms with Gasteiger partial charge in [-0.1, -0.05) is 12.8 Å². The number of ether oxygens (including phenoxy) is 1. The van der Waals surface area contributed by atoms with Crippen molar-refractivity contribution in [1.29, 1.82) is 0 Å². The zero-order valence-electron chi connectivity index (χ0n) is 15.4. The molecule has 0 aromatic carbocycles. The lowest BCUT2D eigenvalue weighted by atomic mass is 10.1. The Morgan fingerprint density at radius 2 is 1.88 bits per heavy atom. The second-order valence-electron chi connectivity index (χ2n) is 5.93. The Kier molecular flexibility index (Phi) is 12.3. The van der Waals surface area contributed by atoms with Crippen molar-refractivity contribution in [1.82, 2.24) is 10.6 Å². The Labute approximate surface area is 146 Å². The van der Waals surface area contributed by atoms with Crippen LogP contribution in [0.5, 0.6) is 0 Å². The Morgan fingerprint density at radius 3 is 2.46 bits per heavy atom. The molecule has 0 rings (SSSR count). The van der Waals surface area contributed by atoms with Crippen LogP contribution in [0.1, 0.15) is 52.4 Å². The summed E-state index contributed by atoms with van der Waals surface area (Å²) in [4.78, 5) is 15.3. The fraction of sp³-hybridized carbons (Fsp3) is 0.875. The van der Waals surface area contributed by atoms with Gasteiger partial charge in [0.15, 0.2) is 5.96 Å². The van der Waals surface area contributed by atoms with Crippen molar-refractivity contribution in [3.05, 3.63) is 0 Å². The topological polar surface area (TPSA) is 96.9 Å². The molecule has 7 nitrogen and oxygen atoms in total. The van der Waals surface area contributed by atoms with E-state index >= 15 is 0 Å². The van der Waals surface area contributed by atoms with Gasteiger partial charge in [0.25, 0.3) is 0 Å². The van der Waals surface area contributed by atoms with E-state index in [0.717, 1.165) is 32.2 Å². The SMILES string of the molecule is CCOC(=O)CCCCCCNC(=NC)NC(C)CCS(C)(=O)=O. The molecule has 8 heteroatoms. The van der Waals surface area contributed by atoms with E-state index in [0.29, 0.717) is 25.4 Å². The van der Waals surface area contributed by atoms with E-state index in [2.05, 4.69) is 15.6 Å². The van der Waals surface area contributed by atoms with Gasteiger partial charge in [0.2, 0.25) is 0 Å². The number of carbonyl (C=O) groups excluding carboxylic acids is 1. The van der Waals surface area contributed by atoms with Gasteiger partial charge in [0.05, 0.1) is 12.4 Å². The summed E-state index contributed by atoms with van der Waals surface area (Å²) in [6, 6.07) is 0.0375. The lowest BCUT2D eigenvalue weighted by molar-refractivity contribution is -0.143. The number of esters is 1. The Morgan fingerprint density at radius 1 is 1.21 bits per heavy atom. The van der Waals surface area contributed by atoms with Gasteiger partial charge in [-0.15, -0.1) is 0 Å². The van der Waals surface area contributed by atoms with Crippen LogP contribution in [-0.2, 0) is 19.4 Å². The molecule has 1 unspecified atom stereocenters. The monoisotopic (exact) mass is 363 g/mol. The van der Waals surface area contributed by atoms with Crippen molar-refractivity contribution < 1.29 is 17.9 Å². The summed E-state index contributed by atoms with van der Waals surface area (Å²) in [5, 5.41) is 6.40. The molecule has 0 radical (unpaired) electrons. The molecule has 0 saturated carbocycles. The number of guanidine groups is 1. The minimum absolute atomic E-state index is 0.0375. The van der Waals surface area contributed by atoms with Gasteiger partial charge < -0.3 is 15.4 Å². The van der Waals surface area contributed by atoms with E-state index in [1.807, 2.05) is 13.8 Å². The molecule has 0 saturated heterocycles. The van der Waals surface area contributed by atoms with Crippen molar-refractivity contribution in [3.63, 3.8) is 0 Å². The quantitative estimate of drug-likeness (QED) is 0.236. The van der Waals surface area contributed by atoms with Crippen LogP contribution in [0.4, 0.5) is 0 Å². The lowest BCUT2D eigenvalue weighted by Crippen LogP contribution is -2.43. The highest BCUT2D eigenvalue weighted by Gasteiger charge is 2.09. The minimum atomic E-state index is -2.93. The first-order valence-corrected chi connectivity index (χ1v) is 10.6. The van der Waals surface area contributed by atoms with Gasteiger partial charge in [-0.2, -0.15) is 0 Å². The molecule has 0 aliphatic carbocycles. The van der Waals surface area contributed by atoms with Crippen LogP contribution in [-0.4, -0.2) is 58.6 Å². The number of sulfone groups is 1. The van der Waals surface area contributed by atoms with E-state index < -0.39 is 9.84 Å². The number of nitrogens with zero attached hydrogens (tertiary/aromatic N) is 1. The zero-order chi connectivity index (χ0) is 18.4. The van der Waals surface area contributed by atoms with Crippen LogP contribution in [0.3, 0.4) is 0 Å². The highest BCUT2D eigenvalue weighted by atomic mass is 32.2. The second-order valence-corrected chi connectivity index (χ2v) is 8.19. The highest BCUT2D eigenvalue weighted by molar-refractivity contribution is 7.90. The van der Waals surface area contributed by atoms with Crippen LogP contribution >= 0.6 is 0 Å². The highest BCUT2D eigenvalue weighted by Crippen LogP contribution is 2.03. The molecule has 0 spiro atoms. The van der Waals surface area contributed by atoms with E-state index in [1.54, 1.807) is 7.05 Å². The summed E-state index contributed by atoms with van der Waals surface area (Å²) in [6.45, 7) is 4.98. The Balaban J connectivity index is 3.74. The van der Waals surface area contributed by atoms with E-state index in [-0.39, 0.29) is 17.8 Å². The first kappa shape index (κ1) is 22.7. The molecule has 1 atom stereocenters. The van der Waals surface area contributed by atoms with Crippen molar-refractivity contribution in [2.75, 3.05) is 32.2 Å². The predicted molar refractivity (Wildman–Crippen MR) is 98.0 cm³/mol. The van der Waals surface area contributed by atoms with Gasteiger partial charge in [-0.05, 0) is 33.1 Å². The van der Waals surface area contributed by atoms with Crippen molar-refractivity contribution >= 4 is 21.8 Å². The van der Waals surface area contributed by atoms with E-state index in [9.17, 15) is 13.2 Å². The number of aliphatic imine (C=N–C) groups is 1. The van der Waals surface area contributed by atoms with Gasteiger partial charge in [-0.3, -0.25) is 9.79 Å². The van der Waals surface area contributed by atoms with Crippen molar-refractivity contribution in [2.45, 2.75) is 58.4 Å². The Hall–Kier alpha value is -1.31. The minimum Gasteiger partial charge on any atom is -0.466 e. The molecule has 0 heterocycles. The standard InChI is InChI=1S/C16H33N3O4S/c1-5-23-15(20)10-8-6-7-9-12-18-16(17-3)19-14(2)11-13-24(4,21)22/h14H,5-13H2,1-4H3,(H2,17,18,19). The molecule has 0 bridgehead atoms. The van der Waals surface area contributed by atoms with Gasteiger partial charge in [-0.25, -0.2) is 8.42 Å². The number of hydrogen-bond donors (Lipinski definition) is 2. The summed E-state index contributed by atoms with van der Waals surface area (Å²) in [5.41, 5.74) is 0. The first-order chi connectivity index (χ1) is 11.3. The summed E-state index contributed by atoms with van der Waals surface area (Å²) < 4.78 is 27.2. The summed E-state index contributed by atoms with van der Waals surface area (Å²) in [7, 11) is -1.24. The fourth-order valence-electron chi connectivity index (χ4n) is 2.08. The maximum absolute atomic E-state index is 11.2. The molecule has 0 aromatic rings. The number of carbonyl (C=O) groups is 1. The van der Waals surface area contributed by atoms with Crippen LogP contribution < -0.4 is 10.6 Å². The normalized spacial score (nSPS) is 13.4. The van der Waals surface area contributed by atoms with Crippen molar-refractivity contribution in [2.24, 2.45) is 4.99 Å². The lowest BCUT2D eigenvalue weighted by Gasteiger charge is -2.17. The van der Waals surface area contributed by atoms with Crippen molar-refractivity contribution in [3.8, 4) is 0 Å². The van der Waals surface area contributed by atoms with E-state index in [1.165, 1.54) is 6.26 Å². The third kappa shape index (κ3) is 14.3. The molecule has 0 fully saturated rings. The molecule has 2 N–H and O–H groups in total. The number of unbranched alkanes of at least 4 members (excludes halogenated alkanes) is 3. The molecule has 24 heavy (non-hydrogen) atoms. The van der Waals surface area contributed by atoms with Crippen LogP contribution in [0.2, 0.25) is 0 Å². The van der Waals surface area contributed by atoms with E-state index in [4.69, 9.17) is 4.74 Å². The molecular formula is C16H33N3O4S. The molecule has 0 amide bonds. The van der Waals surface area contributed by atoms with Crippen LogP contribution in [0.25, 0.3) is 0 Å². The maximum Gasteiger partial charge on any atom is 0.305 e. The van der Waals surface area contributed by atoms with Gasteiger partial charge >= 0.3 is 5.97 Å². The smallest absolute Gasteiger partial charge is 0.305 e. The third-order valence-corrected chi connectivity index (χ3v) is 4.41. The molecule has 142 valence electrons. The zero-order valence-corrected chi connectivity index (χ0v) is 16.2. The fourth-order valence-corrected chi connectivity index (χ4v) is 2.86. The number of rotatable bonds is 12. The molecule has 0 aromatic heterocycles. The van der Waals surface area contributed by atoms with Crippen LogP contribution in [0.15, 0.2) is 4.99 Å². The largest absolute Gasteiger partial charge is 0.466 e. The summed E-state index contributed by atoms with van der Waals surface area (Å²) in [5.74, 6) is 0.726. The molecular weight excluding hydrogens is 330 g/mol. The predicted octanol–water partition coefficient (Wildman–Crippen LogP) is 1.49. The number of hydrogen-bond acceptors (Lipinski definition) is 5. The number of nitrogens with one attached hydrogen (secondary N) is 2. The summed E-state index contributed by atoms with van der Waals surface area (Å²) >= 11 is 0. The molecule has 0 aliphatic rings. The maximum atomic E-state index is 11.2. The average molecular weight is 364 g/mol. The molecule has 0 aliphatic heterocycles. The summed E-state index contributed by atoms with van der Waals surface area (Å²) in [6.07, 6.45) is 6.16. The third-order valence-electron chi connectivity index (χ3n) is 3.43.